The lowest BCUT2D eigenvalue weighted by molar-refractivity contribution is -0.155. The number of carbonyl (C=O) groups excluding carboxylic acids is 3. The molecular formula is C26H40N2O5S. The molecule has 3 aliphatic heterocycles. The number of thioether (sulfide) groups is 1. The van der Waals surface area contributed by atoms with Crippen molar-refractivity contribution in [2.45, 2.75) is 80.9 Å². The highest BCUT2D eigenvalue weighted by molar-refractivity contribution is 8.02. The third-order valence-electron chi connectivity index (χ3n) is 7.60. The first-order chi connectivity index (χ1) is 16.2. The fourth-order valence-corrected chi connectivity index (χ4v) is 8.39. The number of fused-ring (bicyclic) bond motifs is 1. The number of carbonyl (C=O) groups is 3. The van der Waals surface area contributed by atoms with E-state index in [9.17, 15) is 19.5 Å². The maximum Gasteiger partial charge on any atom is 0.311 e. The van der Waals surface area contributed by atoms with E-state index in [1.54, 1.807) is 27.6 Å². The normalized spacial score (nSPS) is 31.6. The van der Waals surface area contributed by atoms with Gasteiger partial charge in [0.2, 0.25) is 11.8 Å². The van der Waals surface area contributed by atoms with E-state index >= 15 is 0 Å². The van der Waals surface area contributed by atoms with Crippen molar-refractivity contribution in [3.63, 3.8) is 0 Å². The summed E-state index contributed by atoms with van der Waals surface area (Å²) in [7, 11) is 0. The summed E-state index contributed by atoms with van der Waals surface area (Å²) in [6, 6.07) is -0.706. The van der Waals surface area contributed by atoms with Crippen LogP contribution in [0.25, 0.3) is 0 Å². The highest BCUT2D eigenvalue weighted by atomic mass is 32.2. The number of esters is 1. The van der Waals surface area contributed by atoms with Gasteiger partial charge in [-0.3, -0.25) is 14.4 Å². The zero-order valence-electron chi connectivity index (χ0n) is 20.8. The molecule has 0 aromatic rings. The second kappa shape index (κ2) is 10.9. The lowest BCUT2D eigenvalue weighted by atomic mass is 9.66. The first kappa shape index (κ1) is 26.8. The van der Waals surface area contributed by atoms with Gasteiger partial charge in [-0.1, -0.05) is 12.2 Å². The van der Waals surface area contributed by atoms with Gasteiger partial charge < -0.3 is 19.6 Å². The number of hydrogen-bond donors (Lipinski definition) is 1. The SMILES string of the molecule is C=CCCCCOC(=O)[C@H]1[C@H]2C(=O)N(CCCO)C(C(=O)N(CC=C)C(C)C)C23CC[C@]1(C)S3. The molecule has 7 nitrogen and oxygen atoms in total. The van der Waals surface area contributed by atoms with Crippen LogP contribution in [0.4, 0.5) is 0 Å². The molecule has 190 valence electrons. The molecule has 2 unspecified atom stereocenters. The van der Waals surface area contributed by atoms with Crippen molar-refractivity contribution in [1.29, 1.82) is 0 Å². The third kappa shape index (κ3) is 4.55. The van der Waals surface area contributed by atoms with Crippen LogP contribution in [0, 0.1) is 11.8 Å². The first-order valence-corrected chi connectivity index (χ1v) is 13.3. The van der Waals surface area contributed by atoms with Crippen molar-refractivity contribution in [2.75, 3.05) is 26.3 Å². The van der Waals surface area contributed by atoms with Crippen LogP contribution >= 0.6 is 11.8 Å². The molecule has 2 bridgehead atoms. The summed E-state index contributed by atoms with van der Waals surface area (Å²) in [5.74, 6) is -1.73. The Kier molecular flexibility index (Phi) is 8.56. The number of hydrogen-bond acceptors (Lipinski definition) is 6. The smallest absolute Gasteiger partial charge is 0.311 e. The molecule has 3 saturated heterocycles. The summed E-state index contributed by atoms with van der Waals surface area (Å²) in [5, 5.41) is 9.46. The standard InChI is InChI=1S/C26H40N2O5S/c1-6-8-9-10-17-33-24(32)20-19-22(30)28(15-11-16-29)21(23(31)27(14-7-2)18(3)4)26(19)13-12-25(20,5)34-26/h6-7,18-21,29H,1-2,8-17H2,3-5H3/t19-,20+,21?,25-,26?/m0/s1. The summed E-state index contributed by atoms with van der Waals surface area (Å²) >= 11 is 1.65. The Labute approximate surface area is 208 Å². The third-order valence-corrected chi connectivity index (χ3v) is 9.59. The van der Waals surface area contributed by atoms with Crippen LogP contribution in [0.15, 0.2) is 25.3 Å². The topological polar surface area (TPSA) is 87.1 Å². The lowest BCUT2D eigenvalue weighted by Crippen LogP contribution is -2.56. The van der Waals surface area contributed by atoms with Gasteiger partial charge in [0.1, 0.15) is 6.04 Å². The van der Waals surface area contributed by atoms with Crippen molar-refractivity contribution >= 4 is 29.5 Å². The molecule has 3 heterocycles. The summed E-state index contributed by atoms with van der Waals surface area (Å²) in [6.45, 7) is 14.4. The Bertz CT molecular complexity index is 817. The summed E-state index contributed by atoms with van der Waals surface area (Å²) in [6.07, 6.45) is 7.95. The largest absolute Gasteiger partial charge is 0.465 e. The maximum absolute atomic E-state index is 14.0. The molecule has 5 atom stereocenters. The fourth-order valence-electron chi connectivity index (χ4n) is 6.05. The number of allylic oxidation sites excluding steroid dienone is 1. The number of ether oxygens (including phenoxy) is 1. The van der Waals surface area contributed by atoms with Crippen LogP contribution in [0.5, 0.6) is 0 Å². The van der Waals surface area contributed by atoms with E-state index in [-0.39, 0.29) is 30.4 Å². The quantitative estimate of drug-likeness (QED) is 0.241. The fraction of sp³-hybridized carbons (Fsp3) is 0.731. The van der Waals surface area contributed by atoms with Crippen LogP contribution in [0.3, 0.4) is 0 Å². The van der Waals surface area contributed by atoms with Crippen molar-refractivity contribution in [3.8, 4) is 0 Å². The zero-order chi connectivity index (χ0) is 25.1. The van der Waals surface area contributed by atoms with E-state index in [4.69, 9.17) is 4.74 Å². The Balaban J connectivity index is 1.93. The Morgan fingerprint density at radius 1 is 1.26 bits per heavy atom. The Morgan fingerprint density at radius 3 is 2.62 bits per heavy atom. The van der Waals surface area contributed by atoms with E-state index in [0.29, 0.717) is 32.5 Å². The minimum Gasteiger partial charge on any atom is -0.465 e. The summed E-state index contributed by atoms with van der Waals surface area (Å²) in [5.41, 5.74) is 0. The molecule has 8 heteroatoms. The molecule has 0 radical (unpaired) electrons. The molecule has 3 aliphatic rings. The molecule has 34 heavy (non-hydrogen) atoms. The molecule has 3 rings (SSSR count). The number of amides is 2. The monoisotopic (exact) mass is 492 g/mol. The second-order valence-electron chi connectivity index (χ2n) is 10.2. The summed E-state index contributed by atoms with van der Waals surface area (Å²) < 4.78 is 4.59. The number of aliphatic hydroxyl groups excluding tert-OH is 1. The van der Waals surface area contributed by atoms with Crippen LogP contribution in [0.2, 0.25) is 0 Å². The van der Waals surface area contributed by atoms with Gasteiger partial charge in [-0.2, -0.15) is 0 Å². The number of nitrogens with zero attached hydrogens (tertiary/aromatic N) is 2. The van der Waals surface area contributed by atoms with E-state index in [1.807, 2.05) is 26.8 Å². The predicted octanol–water partition coefficient (Wildman–Crippen LogP) is 3.17. The first-order valence-electron chi connectivity index (χ1n) is 12.5. The number of rotatable bonds is 13. The predicted molar refractivity (Wildman–Crippen MR) is 134 cm³/mol. The zero-order valence-corrected chi connectivity index (χ0v) is 21.6. The molecule has 2 amide bonds. The van der Waals surface area contributed by atoms with Gasteiger partial charge in [-0.15, -0.1) is 24.9 Å². The van der Waals surface area contributed by atoms with E-state index in [2.05, 4.69) is 13.2 Å². The van der Waals surface area contributed by atoms with Crippen molar-refractivity contribution in [2.24, 2.45) is 11.8 Å². The number of likely N-dealkylation sites (tertiary alicyclic amines) is 1. The van der Waals surface area contributed by atoms with Crippen molar-refractivity contribution in [1.82, 2.24) is 9.80 Å². The van der Waals surface area contributed by atoms with Gasteiger partial charge in [-0.25, -0.2) is 0 Å². The highest BCUT2D eigenvalue weighted by Gasteiger charge is 2.77. The van der Waals surface area contributed by atoms with Gasteiger partial charge in [-0.05, 0) is 59.3 Å². The molecule has 0 saturated carbocycles. The van der Waals surface area contributed by atoms with Crippen molar-refractivity contribution < 1.29 is 24.2 Å². The van der Waals surface area contributed by atoms with E-state index < -0.39 is 27.4 Å². The molecule has 1 spiro atoms. The maximum atomic E-state index is 14.0. The van der Waals surface area contributed by atoms with Crippen LogP contribution in [-0.2, 0) is 19.1 Å². The van der Waals surface area contributed by atoms with E-state index in [1.165, 1.54) is 0 Å². The lowest BCUT2D eigenvalue weighted by Gasteiger charge is -2.38. The second-order valence-corrected chi connectivity index (χ2v) is 12.1. The summed E-state index contributed by atoms with van der Waals surface area (Å²) in [4.78, 5) is 44.5. The number of unbranched alkanes of at least 4 members (excludes halogenated alkanes) is 2. The molecular weight excluding hydrogens is 452 g/mol. The van der Waals surface area contributed by atoms with Gasteiger partial charge in [0.25, 0.3) is 0 Å². The Hall–Kier alpha value is -1.80. The van der Waals surface area contributed by atoms with Gasteiger partial charge >= 0.3 is 5.97 Å². The average Bonchev–Trinajstić information content (AvgIpc) is 3.36. The van der Waals surface area contributed by atoms with Gasteiger partial charge in [0, 0.05) is 30.5 Å². The Morgan fingerprint density at radius 2 is 2.00 bits per heavy atom. The highest BCUT2D eigenvalue weighted by Crippen LogP contribution is 2.71. The van der Waals surface area contributed by atoms with Crippen molar-refractivity contribution in [3.05, 3.63) is 25.3 Å². The number of aliphatic hydroxyl groups is 1. The molecule has 0 aliphatic carbocycles. The minimum atomic E-state index is -0.656. The molecule has 0 aromatic carbocycles. The van der Waals surface area contributed by atoms with Crippen LogP contribution in [-0.4, -0.2) is 80.6 Å². The molecule has 1 N–H and O–H groups in total. The minimum absolute atomic E-state index is 0.0498. The van der Waals surface area contributed by atoms with Crippen LogP contribution < -0.4 is 0 Å². The molecule has 3 fully saturated rings. The van der Waals surface area contributed by atoms with E-state index in [0.717, 1.165) is 25.7 Å². The molecule has 0 aromatic heterocycles. The van der Waals surface area contributed by atoms with Gasteiger partial charge in [0.05, 0.1) is 23.2 Å². The van der Waals surface area contributed by atoms with Gasteiger partial charge in [0.15, 0.2) is 0 Å². The van der Waals surface area contributed by atoms with Crippen LogP contribution in [0.1, 0.15) is 59.3 Å². The average molecular weight is 493 g/mol.